The van der Waals surface area contributed by atoms with Gasteiger partial charge in [0.15, 0.2) is 5.82 Å². The van der Waals surface area contributed by atoms with Gasteiger partial charge in [0.05, 0.1) is 19.2 Å². The number of para-hydroxylation sites is 1. The van der Waals surface area contributed by atoms with E-state index in [1.807, 2.05) is 72.8 Å². The molecule has 1 aromatic heterocycles. The molecule has 0 saturated carbocycles. The van der Waals surface area contributed by atoms with Crippen molar-refractivity contribution in [2.75, 3.05) is 4.90 Å². The standard InChI is InChI=1S/C32H37N7O3/c1-21(40)19-39-30(35-36-37-39)26-10-6-5-9-25(26)23-14-12-22(13-15-23)20-38-28-11-7-4-8-24(28)16-17-27(31(38)42)34-29(41)18-32(2,3)33/h4-15,21,27,40H,16-20,33H2,1-3H3,(H,34,41)/t21?,27-/m1/s1. The number of anilines is 1. The molecular formula is C32H37N7O3. The maximum Gasteiger partial charge on any atom is 0.249 e. The first-order valence-corrected chi connectivity index (χ1v) is 14.2. The Labute approximate surface area is 245 Å². The number of tetrazole rings is 1. The van der Waals surface area contributed by atoms with E-state index in [-0.39, 0.29) is 24.8 Å². The van der Waals surface area contributed by atoms with Crippen molar-refractivity contribution >= 4 is 17.5 Å². The lowest BCUT2D eigenvalue weighted by molar-refractivity contribution is -0.128. The van der Waals surface area contributed by atoms with Crippen LogP contribution in [0.4, 0.5) is 5.69 Å². The van der Waals surface area contributed by atoms with Crippen LogP contribution in [-0.2, 0) is 29.1 Å². The highest BCUT2D eigenvalue weighted by atomic mass is 16.3. The summed E-state index contributed by atoms with van der Waals surface area (Å²) in [6, 6.07) is 23.2. The van der Waals surface area contributed by atoms with Crippen LogP contribution in [0.25, 0.3) is 22.5 Å². The van der Waals surface area contributed by atoms with Crippen LogP contribution in [0.1, 0.15) is 44.7 Å². The molecule has 5 rings (SSSR count). The van der Waals surface area contributed by atoms with Gasteiger partial charge in [0.25, 0.3) is 0 Å². The third kappa shape index (κ3) is 6.72. The molecule has 10 nitrogen and oxygen atoms in total. The molecule has 2 amide bonds. The molecule has 1 unspecified atom stereocenters. The predicted molar refractivity (Wildman–Crippen MR) is 161 cm³/mol. The number of hydrogen-bond acceptors (Lipinski definition) is 7. The van der Waals surface area contributed by atoms with Gasteiger partial charge in [-0.15, -0.1) is 5.10 Å². The van der Waals surface area contributed by atoms with E-state index in [0.29, 0.717) is 25.2 Å². The smallest absolute Gasteiger partial charge is 0.249 e. The van der Waals surface area contributed by atoms with Crippen molar-refractivity contribution in [2.45, 2.75) is 70.8 Å². The summed E-state index contributed by atoms with van der Waals surface area (Å²) in [4.78, 5) is 28.3. The van der Waals surface area contributed by atoms with E-state index in [0.717, 1.165) is 33.5 Å². The SMILES string of the molecule is CC(O)Cn1nnnc1-c1ccccc1-c1ccc(CN2C(=O)[C@H](NC(=O)CC(C)(C)N)CCc3ccccc32)cc1. The van der Waals surface area contributed by atoms with E-state index in [1.54, 1.807) is 30.4 Å². The van der Waals surface area contributed by atoms with Gasteiger partial charge >= 0.3 is 0 Å². The molecule has 0 aliphatic carbocycles. The lowest BCUT2D eigenvalue weighted by Crippen LogP contribution is -2.49. The molecule has 10 heteroatoms. The highest BCUT2D eigenvalue weighted by molar-refractivity contribution is 6.00. The zero-order valence-corrected chi connectivity index (χ0v) is 24.2. The highest BCUT2D eigenvalue weighted by Crippen LogP contribution is 2.32. The van der Waals surface area contributed by atoms with Crippen molar-refractivity contribution in [1.82, 2.24) is 25.5 Å². The largest absolute Gasteiger partial charge is 0.391 e. The average molecular weight is 568 g/mol. The Kier molecular flexibility index (Phi) is 8.46. The maximum absolute atomic E-state index is 13.8. The number of nitrogens with one attached hydrogen (secondary N) is 1. The number of nitrogens with two attached hydrogens (primary N) is 1. The molecule has 1 aliphatic rings. The van der Waals surface area contributed by atoms with Crippen LogP contribution >= 0.6 is 0 Å². The van der Waals surface area contributed by atoms with E-state index in [2.05, 4.69) is 20.8 Å². The zero-order valence-electron chi connectivity index (χ0n) is 24.2. The number of aryl methyl sites for hydroxylation is 1. The Hall–Kier alpha value is -4.41. The molecular weight excluding hydrogens is 530 g/mol. The molecule has 1 aliphatic heterocycles. The molecule has 2 heterocycles. The minimum atomic E-state index is -0.662. The van der Waals surface area contributed by atoms with Crippen LogP contribution in [0, 0.1) is 0 Å². The molecule has 42 heavy (non-hydrogen) atoms. The van der Waals surface area contributed by atoms with Crippen LogP contribution in [0.5, 0.6) is 0 Å². The maximum atomic E-state index is 13.8. The molecule has 2 atom stereocenters. The summed E-state index contributed by atoms with van der Waals surface area (Å²) < 4.78 is 1.60. The molecule has 4 aromatic rings. The number of amides is 2. The van der Waals surface area contributed by atoms with E-state index in [9.17, 15) is 14.7 Å². The van der Waals surface area contributed by atoms with Gasteiger partial charge in [0, 0.05) is 23.2 Å². The lowest BCUT2D eigenvalue weighted by atomic mass is 9.98. The minimum absolute atomic E-state index is 0.137. The lowest BCUT2D eigenvalue weighted by Gasteiger charge is -2.27. The second-order valence-corrected chi connectivity index (χ2v) is 11.7. The number of rotatable bonds is 9. The first-order chi connectivity index (χ1) is 20.1. The summed E-state index contributed by atoms with van der Waals surface area (Å²) in [5, 5.41) is 24.9. The molecule has 4 N–H and O–H groups in total. The van der Waals surface area contributed by atoms with Gasteiger partial charge in [0.1, 0.15) is 6.04 Å². The monoisotopic (exact) mass is 567 g/mol. The van der Waals surface area contributed by atoms with Crippen LogP contribution in [0.2, 0.25) is 0 Å². The van der Waals surface area contributed by atoms with E-state index >= 15 is 0 Å². The summed E-state index contributed by atoms with van der Waals surface area (Å²) in [5.74, 6) is 0.213. The number of benzene rings is 3. The molecule has 0 spiro atoms. The van der Waals surface area contributed by atoms with Crippen LogP contribution in [0.15, 0.2) is 72.8 Å². The van der Waals surface area contributed by atoms with Gasteiger partial charge in [0.2, 0.25) is 11.8 Å². The number of carbonyl (C=O) groups is 2. The van der Waals surface area contributed by atoms with Crippen LogP contribution in [-0.4, -0.2) is 54.8 Å². The molecule has 3 aromatic carbocycles. The zero-order chi connectivity index (χ0) is 29.9. The summed E-state index contributed by atoms with van der Waals surface area (Å²) in [6.45, 7) is 5.93. The average Bonchev–Trinajstić information content (AvgIpc) is 3.35. The topological polar surface area (TPSA) is 139 Å². The van der Waals surface area contributed by atoms with Crippen LogP contribution in [0.3, 0.4) is 0 Å². The Morgan fingerprint density at radius 2 is 1.76 bits per heavy atom. The number of hydrogen-bond donors (Lipinski definition) is 3. The summed E-state index contributed by atoms with van der Waals surface area (Å²) in [7, 11) is 0. The first-order valence-electron chi connectivity index (χ1n) is 14.2. The van der Waals surface area contributed by atoms with Crippen molar-refractivity contribution in [3.05, 3.63) is 83.9 Å². The van der Waals surface area contributed by atoms with Crippen LogP contribution < -0.4 is 16.0 Å². The van der Waals surface area contributed by atoms with E-state index in [1.165, 1.54) is 0 Å². The number of aliphatic hydroxyl groups excluding tert-OH is 1. The van der Waals surface area contributed by atoms with Crippen molar-refractivity contribution in [3.63, 3.8) is 0 Å². The predicted octanol–water partition coefficient (Wildman–Crippen LogP) is 3.48. The number of carbonyl (C=O) groups excluding carboxylic acids is 2. The fourth-order valence-electron chi connectivity index (χ4n) is 5.34. The van der Waals surface area contributed by atoms with Crippen molar-refractivity contribution < 1.29 is 14.7 Å². The number of fused-ring (bicyclic) bond motifs is 1. The van der Waals surface area contributed by atoms with Gasteiger partial charge in [-0.25, -0.2) is 4.68 Å². The van der Waals surface area contributed by atoms with Gasteiger partial charge < -0.3 is 21.1 Å². The number of aromatic nitrogens is 4. The normalized spacial score (nSPS) is 16.1. The van der Waals surface area contributed by atoms with Crippen molar-refractivity contribution in [3.8, 4) is 22.5 Å². The summed E-state index contributed by atoms with van der Waals surface area (Å²) >= 11 is 0. The first kappa shape index (κ1) is 29.1. The fourth-order valence-corrected chi connectivity index (χ4v) is 5.34. The van der Waals surface area contributed by atoms with E-state index < -0.39 is 17.7 Å². The number of nitrogens with zero attached hydrogens (tertiary/aromatic N) is 5. The number of aliphatic hydroxyl groups is 1. The minimum Gasteiger partial charge on any atom is -0.391 e. The Bertz CT molecular complexity index is 1560. The van der Waals surface area contributed by atoms with Gasteiger partial charge in [-0.05, 0) is 72.4 Å². The second-order valence-electron chi connectivity index (χ2n) is 11.7. The third-order valence-electron chi connectivity index (χ3n) is 7.24. The quantitative estimate of drug-likeness (QED) is 0.281. The molecule has 0 fully saturated rings. The van der Waals surface area contributed by atoms with Gasteiger partial charge in [-0.2, -0.15) is 0 Å². The Morgan fingerprint density at radius 3 is 2.48 bits per heavy atom. The van der Waals surface area contributed by atoms with Gasteiger partial charge in [-0.1, -0.05) is 66.7 Å². The Morgan fingerprint density at radius 1 is 1.07 bits per heavy atom. The Balaban J connectivity index is 1.40. The van der Waals surface area contributed by atoms with Crippen molar-refractivity contribution in [2.24, 2.45) is 5.73 Å². The van der Waals surface area contributed by atoms with E-state index in [4.69, 9.17) is 5.73 Å². The fraction of sp³-hybridized carbons (Fsp3) is 0.344. The highest BCUT2D eigenvalue weighted by Gasteiger charge is 2.32. The summed E-state index contributed by atoms with van der Waals surface area (Å²) in [6.07, 6.45) is 0.747. The van der Waals surface area contributed by atoms with Gasteiger partial charge in [-0.3, -0.25) is 9.59 Å². The third-order valence-corrected chi connectivity index (χ3v) is 7.24. The van der Waals surface area contributed by atoms with Crippen molar-refractivity contribution in [1.29, 1.82) is 0 Å². The summed E-state index contributed by atoms with van der Waals surface area (Å²) in [5.41, 5.74) is 11.0. The second kappa shape index (κ2) is 12.2. The molecule has 218 valence electrons. The molecule has 0 bridgehead atoms. The molecule has 0 saturated heterocycles. The molecule has 0 radical (unpaired) electrons.